The molecule has 0 spiro atoms. The van der Waals surface area contributed by atoms with Crippen LogP contribution in [-0.2, 0) is 26.2 Å². The quantitative estimate of drug-likeness (QED) is 0.368. The molecule has 0 bridgehead atoms. The molecular formula is C15H23Cl2SiZr. The van der Waals surface area contributed by atoms with Crippen molar-refractivity contribution < 1.29 is 51.0 Å². The van der Waals surface area contributed by atoms with Crippen molar-refractivity contribution in [3.63, 3.8) is 0 Å². The van der Waals surface area contributed by atoms with Crippen LogP contribution in [0.3, 0.4) is 0 Å². The van der Waals surface area contributed by atoms with E-state index in [1.165, 1.54) is 16.7 Å². The van der Waals surface area contributed by atoms with Crippen molar-refractivity contribution in [2.45, 2.75) is 33.9 Å². The fourth-order valence-corrected chi connectivity index (χ4v) is 1.07. The van der Waals surface area contributed by atoms with Crippen LogP contribution in [0.1, 0.15) is 16.7 Å². The van der Waals surface area contributed by atoms with Gasteiger partial charge in [0, 0.05) is 9.52 Å². The van der Waals surface area contributed by atoms with Crippen molar-refractivity contribution in [1.82, 2.24) is 0 Å². The van der Waals surface area contributed by atoms with E-state index < -0.39 is 0 Å². The number of hydrogen-bond acceptors (Lipinski definition) is 0. The second-order valence-corrected chi connectivity index (χ2v) is 5.09. The van der Waals surface area contributed by atoms with E-state index in [4.69, 9.17) is 0 Å². The first-order valence-corrected chi connectivity index (χ1v) is 8.04. The number of halogens is 2. The molecule has 0 saturated heterocycles. The molecule has 105 valence electrons. The third kappa shape index (κ3) is 16.3. The summed E-state index contributed by atoms with van der Waals surface area (Å²) in [5, 5.41) is 0. The monoisotopic (exact) mass is 391 g/mol. The topological polar surface area (TPSA) is 0 Å². The zero-order chi connectivity index (χ0) is 12.4. The second-order valence-electron chi connectivity index (χ2n) is 3.93. The van der Waals surface area contributed by atoms with Crippen LogP contribution >= 0.6 is 0 Å². The van der Waals surface area contributed by atoms with Crippen LogP contribution in [0.2, 0.25) is 13.1 Å². The molecule has 2 aromatic carbocycles. The number of rotatable bonds is 0. The molecule has 4 heteroatoms. The summed E-state index contributed by atoms with van der Waals surface area (Å²) in [6.45, 7) is 10.7. The Labute approximate surface area is 152 Å². The normalized spacial score (nSPS) is 7.21. The Hall–Kier alpha value is 0.380. The molecule has 0 atom stereocenters. The molecule has 0 aliphatic rings. The Morgan fingerprint density at radius 1 is 0.895 bits per heavy atom. The van der Waals surface area contributed by atoms with Gasteiger partial charge < -0.3 is 24.8 Å². The van der Waals surface area contributed by atoms with Gasteiger partial charge in [0.25, 0.3) is 0 Å². The van der Waals surface area contributed by atoms with Gasteiger partial charge in [0.2, 0.25) is 0 Å². The van der Waals surface area contributed by atoms with Gasteiger partial charge in [-0.05, 0) is 0 Å². The van der Waals surface area contributed by atoms with Crippen molar-refractivity contribution >= 4 is 9.52 Å². The summed E-state index contributed by atoms with van der Waals surface area (Å²) in [6.07, 6.45) is 0. The van der Waals surface area contributed by atoms with Crippen molar-refractivity contribution in [3.8, 4) is 0 Å². The Kier molecular flexibility index (Phi) is 26.8. The summed E-state index contributed by atoms with van der Waals surface area (Å²) in [7, 11) is 0.750. The van der Waals surface area contributed by atoms with Crippen LogP contribution in [-0.4, -0.2) is 9.52 Å². The van der Waals surface area contributed by atoms with Crippen LogP contribution < -0.4 is 24.8 Å². The van der Waals surface area contributed by atoms with Crippen LogP contribution in [0.5, 0.6) is 0 Å². The fraction of sp³-hybridized carbons (Fsp3) is 0.333. The Morgan fingerprint density at radius 2 is 1.32 bits per heavy atom. The maximum absolute atomic E-state index is 2.21. The molecule has 2 rings (SSSR count). The minimum absolute atomic E-state index is 0. The van der Waals surface area contributed by atoms with Crippen LogP contribution in [0.25, 0.3) is 0 Å². The van der Waals surface area contributed by atoms with E-state index >= 15 is 0 Å². The molecule has 0 amide bonds. The maximum atomic E-state index is 2.21. The molecule has 0 saturated carbocycles. The van der Waals surface area contributed by atoms with Gasteiger partial charge in [-0.3, -0.25) is 0 Å². The summed E-state index contributed by atoms with van der Waals surface area (Å²) >= 11 is 0. The molecule has 0 aliphatic heterocycles. The molecule has 0 aliphatic carbocycles. The number of hydrogen-bond donors (Lipinski definition) is 0. The smallest absolute Gasteiger partial charge is 1.00 e. The molecule has 19 heavy (non-hydrogen) atoms. The zero-order valence-corrected chi connectivity index (χ0v) is 17.5. The molecule has 0 nitrogen and oxygen atoms in total. The van der Waals surface area contributed by atoms with Gasteiger partial charge in [0.15, 0.2) is 0 Å². The first kappa shape index (κ1) is 27.7. The third-order valence-corrected chi connectivity index (χ3v) is 2.14. The third-order valence-electron chi connectivity index (χ3n) is 2.14. The summed E-state index contributed by atoms with van der Waals surface area (Å²) in [6, 6.07) is 14.6. The van der Waals surface area contributed by atoms with Gasteiger partial charge in [-0.25, -0.2) is 24.3 Å². The molecule has 0 unspecified atom stereocenters. The van der Waals surface area contributed by atoms with E-state index in [2.05, 4.69) is 64.2 Å². The average Bonchev–Trinajstić information content (AvgIpc) is 2.83. The predicted molar refractivity (Wildman–Crippen MR) is 77.2 cm³/mol. The Morgan fingerprint density at radius 3 is 1.42 bits per heavy atom. The maximum Gasteiger partial charge on any atom is 4.00 e. The first-order valence-electron chi connectivity index (χ1n) is 5.73. The van der Waals surface area contributed by atoms with Crippen LogP contribution in [0.4, 0.5) is 0 Å². The van der Waals surface area contributed by atoms with Gasteiger partial charge >= 0.3 is 26.2 Å². The summed E-state index contributed by atoms with van der Waals surface area (Å²) in [5.74, 6) is 0. The minimum atomic E-state index is 0. The van der Waals surface area contributed by atoms with Crippen molar-refractivity contribution in [2.24, 2.45) is 0 Å². The van der Waals surface area contributed by atoms with Crippen molar-refractivity contribution in [3.05, 3.63) is 59.2 Å². The van der Waals surface area contributed by atoms with E-state index in [0.29, 0.717) is 0 Å². The molecule has 0 aromatic heterocycles. The fourth-order valence-electron chi connectivity index (χ4n) is 1.07. The largest absolute Gasteiger partial charge is 4.00 e. The predicted octanol–water partition coefficient (Wildman–Crippen LogP) is -1.74. The van der Waals surface area contributed by atoms with E-state index in [1.807, 2.05) is 12.1 Å². The van der Waals surface area contributed by atoms with Gasteiger partial charge in [-0.2, -0.15) is 34.9 Å². The van der Waals surface area contributed by atoms with E-state index in [0.717, 1.165) is 9.52 Å². The zero-order valence-electron chi connectivity index (χ0n) is 12.4. The van der Waals surface area contributed by atoms with Gasteiger partial charge in [0.05, 0.1) is 0 Å². The number of aryl methyl sites for hydroxylation is 3. The molecular weight excluding hydrogens is 370 g/mol. The first-order chi connectivity index (χ1) is 7.61. The SMILES string of the molecule is C[SiH]C.C[c-]1cccc1.Cc1ccc[c-]1C.[Cl-].[Cl-].[Zr+4]. The molecule has 1 radical (unpaired) electrons. The van der Waals surface area contributed by atoms with Gasteiger partial charge in [-0.1, -0.05) is 33.9 Å². The summed E-state index contributed by atoms with van der Waals surface area (Å²) < 4.78 is 0. The van der Waals surface area contributed by atoms with E-state index in [9.17, 15) is 0 Å². The molecule has 0 heterocycles. The molecule has 0 N–H and O–H groups in total. The average molecular weight is 394 g/mol. The van der Waals surface area contributed by atoms with Gasteiger partial charge in [0.1, 0.15) is 0 Å². The summed E-state index contributed by atoms with van der Waals surface area (Å²) in [5.41, 5.74) is 4.12. The Balaban J connectivity index is -0.0000000877. The Bertz CT molecular complexity index is 339. The van der Waals surface area contributed by atoms with E-state index in [-0.39, 0.29) is 51.0 Å². The van der Waals surface area contributed by atoms with Gasteiger partial charge in [-0.15, -0.1) is 0 Å². The van der Waals surface area contributed by atoms with Crippen molar-refractivity contribution in [2.75, 3.05) is 0 Å². The molecule has 2 aromatic rings. The molecule has 0 fully saturated rings. The summed E-state index contributed by atoms with van der Waals surface area (Å²) in [4.78, 5) is 0. The van der Waals surface area contributed by atoms with E-state index in [1.54, 1.807) is 0 Å². The second kappa shape index (κ2) is 18.4. The standard InChI is InChI=1S/C7H9.C6H7.C2H7Si.2ClH.Zr/c1-6-4-3-5-7(6)2;1-6-4-2-3-5-6;1-3-2;;;/h3-5H,1-2H3;2-5H,1H3;3H,1-2H3;2*1H;/q2*-1;;;;+4/p-2. The minimum Gasteiger partial charge on any atom is -1.00 e. The van der Waals surface area contributed by atoms with Crippen molar-refractivity contribution in [1.29, 1.82) is 0 Å². The van der Waals surface area contributed by atoms with Crippen LogP contribution in [0.15, 0.2) is 42.5 Å². The van der Waals surface area contributed by atoms with Crippen LogP contribution in [0, 0.1) is 20.8 Å².